The Balaban J connectivity index is 1.35. The summed E-state index contributed by atoms with van der Waals surface area (Å²) in [6.45, 7) is 2.31. The number of rotatable bonds is 7. The third-order valence-electron chi connectivity index (χ3n) is 5.51. The van der Waals surface area contributed by atoms with Gasteiger partial charge in [0.25, 0.3) is 0 Å². The van der Waals surface area contributed by atoms with Gasteiger partial charge in [0.05, 0.1) is 12.2 Å². The molecular weight excluding hydrogens is 421 g/mol. The van der Waals surface area contributed by atoms with Crippen LogP contribution in [-0.2, 0) is 9.47 Å². The maximum Gasteiger partial charge on any atom is 0.407 e. The van der Waals surface area contributed by atoms with Crippen LogP contribution in [0.3, 0.4) is 0 Å². The topological polar surface area (TPSA) is 64.6 Å². The monoisotopic (exact) mass is 445 g/mol. The average Bonchev–Trinajstić information content (AvgIpc) is 3.14. The van der Waals surface area contributed by atoms with E-state index in [0.717, 1.165) is 22.3 Å². The molecule has 1 aliphatic carbocycles. The lowest BCUT2D eigenvalue weighted by Gasteiger charge is -2.14. The number of hydrogen-bond acceptors (Lipinski definition) is 4. The van der Waals surface area contributed by atoms with Gasteiger partial charge in [-0.05, 0) is 52.9 Å². The van der Waals surface area contributed by atoms with Crippen LogP contribution in [0.5, 0.6) is 0 Å². The van der Waals surface area contributed by atoms with Crippen LogP contribution in [0.1, 0.15) is 39.9 Å². The fourth-order valence-corrected chi connectivity index (χ4v) is 4.04. The number of alkyl carbamates (subject to hydrolysis) is 1. The first-order chi connectivity index (χ1) is 16.1. The number of ether oxygens (including phenoxy) is 2. The van der Waals surface area contributed by atoms with E-state index in [4.69, 9.17) is 9.47 Å². The van der Waals surface area contributed by atoms with E-state index in [-0.39, 0.29) is 31.2 Å². The molecule has 0 unspecified atom stereocenters. The minimum Gasteiger partial charge on any atom is -0.462 e. The summed E-state index contributed by atoms with van der Waals surface area (Å²) in [4.78, 5) is 24.3. The predicted octanol–water partition coefficient (Wildman–Crippen LogP) is 5.55. The molecule has 3 aromatic rings. The van der Waals surface area contributed by atoms with Gasteiger partial charge in [-0.1, -0.05) is 60.7 Å². The van der Waals surface area contributed by atoms with Gasteiger partial charge in [-0.25, -0.2) is 14.0 Å². The van der Waals surface area contributed by atoms with Crippen LogP contribution < -0.4 is 5.32 Å². The molecule has 1 amide bonds. The molecule has 0 spiro atoms. The van der Waals surface area contributed by atoms with Gasteiger partial charge in [-0.15, -0.1) is 0 Å². The van der Waals surface area contributed by atoms with E-state index in [1.54, 1.807) is 19.1 Å². The van der Waals surface area contributed by atoms with Gasteiger partial charge in [0, 0.05) is 12.5 Å². The Morgan fingerprint density at radius 1 is 0.970 bits per heavy atom. The molecule has 0 saturated heterocycles. The van der Waals surface area contributed by atoms with Gasteiger partial charge in [0.1, 0.15) is 12.4 Å². The van der Waals surface area contributed by atoms with Crippen LogP contribution in [0.4, 0.5) is 9.18 Å². The van der Waals surface area contributed by atoms with Gasteiger partial charge in [-0.2, -0.15) is 0 Å². The highest BCUT2D eigenvalue weighted by Crippen LogP contribution is 2.44. The molecule has 0 heterocycles. The van der Waals surface area contributed by atoms with Crippen molar-refractivity contribution in [1.29, 1.82) is 0 Å². The smallest absolute Gasteiger partial charge is 0.407 e. The summed E-state index contributed by atoms with van der Waals surface area (Å²) in [6.07, 6.45) is 2.64. The third-order valence-corrected chi connectivity index (χ3v) is 5.51. The quantitative estimate of drug-likeness (QED) is 0.484. The summed E-state index contributed by atoms with van der Waals surface area (Å²) in [5, 5.41) is 2.66. The number of esters is 1. The number of benzene rings is 3. The minimum atomic E-state index is -0.550. The standard InChI is InChI=1S/C27H24FNO4/c1-2-32-26(30)20-14-13-19(28)16-18(20)8-7-15-29-27(31)33-17-25-23-11-5-3-9-21(23)22-10-4-6-12-24(22)25/h3-14,16,25H,2,15,17H2,1H3,(H,29,31). The van der Waals surface area contributed by atoms with E-state index < -0.39 is 17.9 Å². The average molecular weight is 445 g/mol. The van der Waals surface area contributed by atoms with Crippen molar-refractivity contribution in [2.75, 3.05) is 19.8 Å². The number of nitrogens with one attached hydrogen (secondary N) is 1. The maximum atomic E-state index is 13.6. The van der Waals surface area contributed by atoms with Crippen molar-refractivity contribution in [3.63, 3.8) is 0 Å². The van der Waals surface area contributed by atoms with Gasteiger partial charge < -0.3 is 14.8 Å². The fraction of sp³-hybridized carbons (Fsp3) is 0.185. The zero-order valence-electron chi connectivity index (χ0n) is 18.2. The Bertz CT molecular complexity index is 1160. The number of hydrogen-bond donors (Lipinski definition) is 1. The van der Waals surface area contributed by atoms with E-state index in [2.05, 4.69) is 29.6 Å². The second-order valence-corrected chi connectivity index (χ2v) is 7.56. The maximum absolute atomic E-state index is 13.6. The Morgan fingerprint density at radius 3 is 2.30 bits per heavy atom. The van der Waals surface area contributed by atoms with Crippen LogP contribution in [0, 0.1) is 5.82 Å². The van der Waals surface area contributed by atoms with Gasteiger partial charge in [-0.3, -0.25) is 0 Å². The van der Waals surface area contributed by atoms with E-state index in [1.807, 2.05) is 24.3 Å². The van der Waals surface area contributed by atoms with Crippen LogP contribution >= 0.6 is 0 Å². The molecular formula is C27H24FNO4. The lowest BCUT2D eigenvalue weighted by atomic mass is 9.98. The highest BCUT2D eigenvalue weighted by atomic mass is 19.1. The molecule has 0 radical (unpaired) electrons. The number of halogens is 1. The van der Waals surface area contributed by atoms with Gasteiger partial charge in [0.2, 0.25) is 0 Å². The van der Waals surface area contributed by atoms with E-state index >= 15 is 0 Å². The Kier molecular flexibility index (Phi) is 6.83. The van der Waals surface area contributed by atoms with E-state index in [0.29, 0.717) is 5.56 Å². The van der Waals surface area contributed by atoms with Gasteiger partial charge in [0.15, 0.2) is 0 Å². The predicted molar refractivity (Wildman–Crippen MR) is 124 cm³/mol. The normalized spacial score (nSPS) is 12.3. The molecule has 168 valence electrons. The highest BCUT2D eigenvalue weighted by Gasteiger charge is 2.28. The first-order valence-electron chi connectivity index (χ1n) is 10.8. The van der Waals surface area contributed by atoms with Crippen LogP contribution in [0.15, 0.2) is 72.8 Å². The molecule has 3 aromatic carbocycles. The zero-order chi connectivity index (χ0) is 23.2. The molecule has 4 rings (SSSR count). The van der Waals surface area contributed by atoms with Crippen molar-refractivity contribution in [3.05, 3.63) is 101 Å². The van der Waals surface area contributed by atoms with Crippen molar-refractivity contribution in [2.45, 2.75) is 12.8 Å². The molecule has 0 atom stereocenters. The molecule has 5 nitrogen and oxygen atoms in total. The second-order valence-electron chi connectivity index (χ2n) is 7.56. The summed E-state index contributed by atoms with van der Waals surface area (Å²) >= 11 is 0. The molecule has 1 aliphatic rings. The van der Waals surface area contributed by atoms with Crippen LogP contribution in [0.25, 0.3) is 17.2 Å². The number of amides is 1. The fourth-order valence-electron chi connectivity index (χ4n) is 4.04. The van der Waals surface area contributed by atoms with Crippen molar-refractivity contribution in [3.8, 4) is 11.1 Å². The largest absolute Gasteiger partial charge is 0.462 e. The van der Waals surface area contributed by atoms with Gasteiger partial charge >= 0.3 is 12.1 Å². The van der Waals surface area contributed by atoms with Crippen molar-refractivity contribution in [2.24, 2.45) is 0 Å². The summed E-state index contributed by atoms with van der Waals surface area (Å²) in [7, 11) is 0. The van der Waals surface area contributed by atoms with Crippen LogP contribution in [0.2, 0.25) is 0 Å². The van der Waals surface area contributed by atoms with Crippen LogP contribution in [-0.4, -0.2) is 31.8 Å². The summed E-state index contributed by atoms with van der Waals surface area (Å²) in [5.74, 6) is -1.01. The number of carbonyl (C=O) groups excluding carboxylic acids is 2. The van der Waals surface area contributed by atoms with E-state index in [9.17, 15) is 14.0 Å². The van der Waals surface area contributed by atoms with Crippen molar-refractivity contribution >= 4 is 18.1 Å². The molecule has 0 aliphatic heterocycles. The molecule has 6 heteroatoms. The third kappa shape index (κ3) is 4.95. The molecule has 0 bridgehead atoms. The SMILES string of the molecule is CCOC(=O)c1ccc(F)cc1C=CCNC(=O)OCC1c2ccccc2-c2ccccc21. The summed E-state index contributed by atoms with van der Waals surface area (Å²) in [5.41, 5.74) is 5.25. The Hall–Kier alpha value is -3.93. The minimum absolute atomic E-state index is 0.0156. The number of carbonyl (C=O) groups is 2. The lowest BCUT2D eigenvalue weighted by Crippen LogP contribution is -2.26. The Labute approximate surface area is 191 Å². The van der Waals surface area contributed by atoms with Crippen molar-refractivity contribution in [1.82, 2.24) is 5.32 Å². The molecule has 33 heavy (non-hydrogen) atoms. The molecule has 1 N–H and O–H groups in total. The zero-order valence-corrected chi connectivity index (χ0v) is 18.2. The first-order valence-corrected chi connectivity index (χ1v) is 10.8. The summed E-state index contributed by atoms with van der Waals surface area (Å²) in [6, 6.07) is 20.1. The summed E-state index contributed by atoms with van der Waals surface area (Å²) < 4.78 is 24.1. The Morgan fingerprint density at radius 2 is 1.64 bits per heavy atom. The molecule has 0 saturated carbocycles. The highest BCUT2D eigenvalue weighted by molar-refractivity contribution is 5.93. The van der Waals surface area contributed by atoms with Crippen molar-refractivity contribution < 1.29 is 23.5 Å². The second kappa shape index (κ2) is 10.1. The molecule has 0 aromatic heterocycles. The lowest BCUT2D eigenvalue weighted by molar-refractivity contribution is 0.0526. The number of fused-ring (bicyclic) bond motifs is 3. The first kappa shape index (κ1) is 22.3. The molecule has 0 fully saturated rings. The van der Waals surface area contributed by atoms with E-state index in [1.165, 1.54) is 18.2 Å².